The zero-order chi connectivity index (χ0) is 28.4. The molecule has 0 amide bonds. The number of rotatable bonds is 8. The van der Waals surface area contributed by atoms with Gasteiger partial charge in [-0.2, -0.15) is 13.2 Å². The lowest BCUT2D eigenvalue weighted by atomic mass is 9.85. The van der Waals surface area contributed by atoms with E-state index in [9.17, 15) is 27.5 Å². The minimum Gasteiger partial charge on any atom is -0.478 e. The molecular weight excluding hydrogens is 561 g/mol. The highest BCUT2D eigenvalue weighted by molar-refractivity contribution is 6.00. The van der Waals surface area contributed by atoms with Crippen LogP contribution in [0.5, 0.6) is 0 Å². The molecule has 0 bridgehead atoms. The Hall–Kier alpha value is -3.23. The average Bonchev–Trinajstić information content (AvgIpc) is 3.08. The second kappa shape index (κ2) is 12.7. The molecule has 0 radical (unpaired) electrons. The first-order valence-corrected chi connectivity index (χ1v) is 13.5. The molecule has 0 aromatic heterocycles. The normalized spacial score (nSPS) is 16.0. The van der Waals surface area contributed by atoms with Crippen molar-refractivity contribution in [2.75, 3.05) is 26.3 Å². The fraction of sp³-hybridized carbons (Fsp3) is 0.344. The van der Waals surface area contributed by atoms with E-state index in [1.54, 1.807) is 12.1 Å². The third-order valence-electron chi connectivity index (χ3n) is 7.83. The molecule has 1 heterocycles. The fourth-order valence-electron chi connectivity index (χ4n) is 5.92. The Labute approximate surface area is 242 Å². The zero-order valence-electron chi connectivity index (χ0n) is 22.3. The summed E-state index contributed by atoms with van der Waals surface area (Å²) in [4.78, 5) is 13.9. The maximum absolute atomic E-state index is 15.4. The number of benzene rings is 3. The molecule has 2 aliphatic rings. The number of allylic oxidation sites excluding steroid dienone is 1. The summed E-state index contributed by atoms with van der Waals surface area (Å²) >= 11 is 0. The van der Waals surface area contributed by atoms with Crippen molar-refractivity contribution in [3.8, 4) is 0 Å². The van der Waals surface area contributed by atoms with E-state index in [-0.39, 0.29) is 30.2 Å². The van der Waals surface area contributed by atoms with E-state index in [4.69, 9.17) is 0 Å². The predicted octanol–water partition coefficient (Wildman–Crippen LogP) is 8.09. The van der Waals surface area contributed by atoms with E-state index in [0.29, 0.717) is 48.3 Å². The molecule has 0 spiro atoms. The van der Waals surface area contributed by atoms with Gasteiger partial charge in [-0.05, 0) is 89.6 Å². The van der Waals surface area contributed by atoms with Gasteiger partial charge in [-0.3, -0.25) is 4.39 Å². The second-order valence-electron chi connectivity index (χ2n) is 10.6. The standard InChI is InChI=1S/C32H30F5NO2.ClH/c33-14-3-15-38-18-21(19-38)16-20-8-10-22(11-9-20)29-25-13-12-24(31(39)40)17-23(25)4-1-5-26(29)27-6-2-7-28(30(27)34)32(35,36)37;/h2,6-13,17,21H,1,3-5,14-16,18-19H2,(H,39,40);1H. The van der Waals surface area contributed by atoms with E-state index in [1.807, 2.05) is 24.3 Å². The maximum Gasteiger partial charge on any atom is 0.419 e. The summed E-state index contributed by atoms with van der Waals surface area (Å²) in [6, 6.07) is 15.9. The van der Waals surface area contributed by atoms with Crippen LogP contribution in [-0.4, -0.2) is 42.3 Å². The van der Waals surface area contributed by atoms with Gasteiger partial charge < -0.3 is 10.0 Å². The van der Waals surface area contributed by atoms with Gasteiger partial charge in [-0.25, -0.2) is 9.18 Å². The van der Waals surface area contributed by atoms with Crippen molar-refractivity contribution in [3.05, 3.63) is 105 Å². The van der Waals surface area contributed by atoms with E-state index in [0.717, 1.165) is 48.8 Å². The van der Waals surface area contributed by atoms with Crippen LogP contribution in [0.25, 0.3) is 11.1 Å². The van der Waals surface area contributed by atoms with Crippen molar-refractivity contribution in [3.63, 3.8) is 0 Å². The molecule has 3 nitrogen and oxygen atoms in total. The highest BCUT2D eigenvalue weighted by Gasteiger charge is 2.36. The summed E-state index contributed by atoms with van der Waals surface area (Å²) in [5, 5.41) is 9.51. The molecule has 1 N–H and O–H groups in total. The summed E-state index contributed by atoms with van der Waals surface area (Å²) in [6.07, 6.45) is -2.04. The topological polar surface area (TPSA) is 40.5 Å². The first kappa shape index (κ1) is 30.7. The summed E-state index contributed by atoms with van der Waals surface area (Å²) in [6.45, 7) is 2.29. The molecule has 1 saturated heterocycles. The van der Waals surface area contributed by atoms with Crippen LogP contribution >= 0.6 is 12.4 Å². The average molecular weight is 592 g/mol. The van der Waals surface area contributed by atoms with Gasteiger partial charge in [0.05, 0.1) is 17.8 Å². The summed E-state index contributed by atoms with van der Waals surface area (Å²) in [5.41, 5.74) is 3.14. The Balaban J connectivity index is 0.00000387. The van der Waals surface area contributed by atoms with Crippen molar-refractivity contribution < 1.29 is 31.9 Å². The Morgan fingerprint density at radius 2 is 1.71 bits per heavy atom. The van der Waals surface area contributed by atoms with Crippen LogP contribution in [0.3, 0.4) is 0 Å². The van der Waals surface area contributed by atoms with Crippen LogP contribution in [0, 0.1) is 11.7 Å². The van der Waals surface area contributed by atoms with Crippen LogP contribution in [0.4, 0.5) is 22.0 Å². The molecule has 1 fully saturated rings. The Morgan fingerprint density at radius 1 is 0.976 bits per heavy atom. The molecule has 3 aromatic carbocycles. The number of fused-ring (bicyclic) bond motifs is 1. The second-order valence-corrected chi connectivity index (χ2v) is 10.6. The van der Waals surface area contributed by atoms with Crippen molar-refractivity contribution in [2.24, 2.45) is 5.92 Å². The summed E-state index contributed by atoms with van der Waals surface area (Å²) < 4.78 is 68.6. The van der Waals surface area contributed by atoms with Gasteiger partial charge in [0.15, 0.2) is 0 Å². The lowest BCUT2D eigenvalue weighted by molar-refractivity contribution is -0.140. The smallest absolute Gasteiger partial charge is 0.419 e. The molecule has 3 aromatic rings. The monoisotopic (exact) mass is 591 g/mol. The number of nitrogens with zero attached hydrogens (tertiary/aromatic N) is 1. The van der Waals surface area contributed by atoms with Crippen LogP contribution in [0.1, 0.15) is 63.0 Å². The Bertz CT molecular complexity index is 1430. The van der Waals surface area contributed by atoms with Gasteiger partial charge in [-0.15, -0.1) is 12.4 Å². The molecule has 1 aliphatic carbocycles. The third kappa shape index (κ3) is 6.65. The number of hydrogen-bond donors (Lipinski definition) is 1. The van der Waals surface area contributed by atoms with Gasteiger partial charge in [-0.1, -0.05) is 42.5 Å². The summed E-state index contributed by atoms with van der Waals surface area (Å²) in [5.74, 6) is -1.88. The number of carboxylic acid groups (broad SMARTS) is 1. The lowest BCUT2D eigenvalue weighted by Gasteiger charge is -2.39. The minimum atomic E-state index is -4.83. The number of aryl methyl sites for hydroxylation is 1. The van der Waals surface area contributed by atoms with Gasteiger partial charge in [0.25, 0.3) is 0 Å². The van der Waals surface area contributed by atoms with Crippen molar-refractivity contribution in [1.82, 2.24) is 4.90 Å². The molecule has 0 unspecified atom stereocenters. The number of likely N-dealkylation sites (tertiary alicyclic amines) is 1. The molecule has 218 valence electrons. The molecule has 1 aliphatic heterocycles. The molecule has 5 rings (SSSR count). The number of alkyl halides is 4. The number of hydrogen-bond acceptors (Lipinski definition) is 2. The SMILES string of the molecule is Cl.O=C(O)c1ccc2c(c1)CCCC(c1cccc(C(F)(F)F)c1F)=C2c1ccc(CC2CN(CCCF)C2)cc1. The molecule has 41 heavy (non-hydrogen) atoms. The zero-order valence-corrected chi connectivity index (χ0v) is 23.1. The highest BCUT2D eigenvalue weighted by atomic mass is 35.5. The lowest BCUT2D eigenvalue weighted by Crippen LogP contribution is -2.47. The van der Waals surface area contributed by atoms with Crippen LogP contribution in [0.15, 0.2) is 60.7 Å². The number of halogens is 6. The van der Waals surface area contributed by atoms with Gasteiger partial charge in [0, 0.05) is 25.2 Å². The first-order valence-electron chi connectivity index (χ1n) is 13.5. The van der Waals surface area contributed by atoms with Crippen LogP contribution in [0.2, 0.25) is 0 Å². The van der Waals surface area contributed by atoms with E-state index in [1.165, 1.54) is 18.2 Å². The first-order chi connectivity index (χ1) is 19.2. The van der Waals surface area contributed by atoms with Gasteiger partial charge >= 0.3 is 12.1 Å². The van der Waals surface area contributed by atoms with E-state index in [2.05, 4.69) is 4.90 Å². The number of carboxylic acids is 1. The molecule has 9 heteroatoms. The Morgan fingerprint density at radius 3 is 2.37 bits per heavy atom. The van der Waals surface area contributed by atoms with Crippen molar-refractivity contribution in [2.45, 2.75) is 38.3 Å². The van der Waals surface area contributed by atoms with Gasteiger partial charge in [0.2, 0.25) is 0 Å². The number of aromatic carboxylic acids is 1. The predicted molar refractivity (Wildman–Crippen MR) is 152 cm³/mol. The van der Waals surface area contributed by atoms with E-state index >= 15 is 4.39 Å². The maximum atomic E-state index is 15.4. The third-order valence-corrected chi connectivity index (χ3v) is 7.83. The van der Waals surface area contributed by atoms with Crippen LogP contribution in [-0.2, 0) is 19.0 Å². The molecule has 0 atom stereocenters. The Kier molecular flexibility index (Phi) is 9.55. The van der Waals surface area contributed by atoms with Crippen molar-refractivity contribution in [1.29, 1.82) is 0 Å². The van der Waals surface area contributed by atoms with Crippen LogP contribution < -0.4 is 0 Å². The molecule has 0 saturated carbocycles. The van der Waals surface area contributed by atoms with Gasteiger partial charge in [0.1, 0.15) is 5.82 Å². The highest BCUT2D eigenvalue weighted by Crippen LogP contribution is 2.43. The number of carbonyl (C=O) groups is 1. The minimum absolute atomic E-state index is 0. The van der Waals surface area contributed by atoms with E-state index < -0.39 is 23.5 Å². The fourth-order valence-corrected chi connectivity index (χ4v) is 5.92. The summed E-state index contributed by atoms with van der Waals surface area (Å²) in [7, 11) is 0. The largest absolute Gasteiger partial charge is 0.478 e. The van der Waals surface area contributed by atoms with Crippen molar-refractivity contribution >= 4 is 29.5 Å². The quantitative estimate of drug-likeness (QED) is 0.269. The molecular formula is C32H31ClF5NO2.